The number of likely N-dealkylation sites (tertiary alicyclic amines) is 1. The van der Waals surface area contributed by atoms with E-state index in [-0.39, 0.29) is 11.9 Å². The molecular formula is C22H26N2O2. The number of nitrogens with zero attached hydrogens (tertiary/aromatic N) is 1. The van der Waals surface area contributed by atoms with Gasteiger partial charge in [0.15, 0.2) is 0 Å². The lowest BCUT2D eigenvalue weighted by molar-refractivity contribution is -0.127. The van der Waals surface area contributed by atoms with Crippen molar-refractivity contribution in [3.63, 3.8) is 0 Å². The van der Waals surface area contributed by atoms with Crippen molar-refractivity contribution >= 4 is 5.91 Å². The summed E-state index contributed by atoms with van der Waals surface area (Å²) < 4.78 is 5.19. The largest absolute Gasteiger partial charge is 0.497 e. The Morgan fingerprint density at radius 2 is 1.69 bits per heavy atom. The van der Waals surface area contributed by atoms with Crippen LogP contribution in [0.25, 0.3) is 0 Å². The van der Waals surface area contributed by atoms with Crippen LogP contribution < -0.4 is 10.1 Å². The summed E-state index contributed by atoms with van der Waals surface area (Å²) in [7, 11) is 1.67. The first-order valence-electron chi connectivity index (χ1n) is 9.45. The molecule has 1 atom stereocenters. The number of hydrogen-bond donors (Lipinski definition) is 1. The number of carbonyl (C=O) groups excluding carboxylic acids is 1. The van der Waals surface area contributed by atoms with Gasteiger partial charge >= 0.3 is 0 Å². The first-order valence-corrected chi connectivity index (χ1v) is 9.45. The molecule has 0 aromatic heterocycles. The summed E-state index contributed by atoms with van der Waals surface area (Å²) in [5.74, 6) is 1.14. The van der Waals surface area contributed by atoms with Gasteiger partial charge in [-0.15, -0.1) is 0 Å². The van der Waals surface area contributed by atoms with Crippen LogP contribution in [0.4, 0.5) is 0 Å². The maximum atomic E-state index is 12.4. The van der Waals surface area contributed by atoms with Crippen molar-refractivity contribution in [3.05, 3.63) is 65.2 Å². The number of hydrogen-bond acceptors (Lipinski definition) is 3. The zero-order valence-corrected chi connectivity index (χ0v) is 15.3. The van der Waals surface area contributed by atoms with E-state index in [9.17, 15) is 4.79 Å². The predicted molar refractivity (Wildman–Crippen MR) is 102 cm³/mol. The minimum Gasteiger partial charge on any atom is -0.497 e. The van der Waals surface area contributed by atoms with Crippen LogP contribution in [-0.2, 0) is 24.1 Å². The van der Waals surface area contributed by atoms with Crippen molar-refractivity contribution in [1.29, 1.82) is 0 Å². The summed E-state index contributed by atoms with van der Waals surface area (Å²) in [5, 5.41) is 3.72. The SMILES string of the molecule is COc1ccc(CCN2C[C@H](NC3Cc4ccccc4C3)CC2=O)cc1. The molecule has 4 rings (SSSR count). The lowest BCUT2D eigenvalue weighted by Crippen LogP contribution is -2.40. The van der Waals surface area contributed by atoms with Crippen LogP contribution in [0.2, 0.25) is 0 Å². The van der Waals surface area contributed by atoms with Crippen LogP contribution in [0.3, 0.4) is 0 Å². The smallest absolute Gasteiger partial charge is 0.224 e. The second-order valence-corrected chi connectivity index (χ2v) is 7.38. The Bertz CT molecular complexity index is 747. The molecule has 1 fully saturated rings. The van der Waals surface area contributed by atoms with E-state index < -0.39 is 0 Å². The van der Waals surface area contributed by atoms with Gasteiger partial charge in [-0.3, -0.25) is 4.79 Å². The van der Waals surface area contributed by atoms with E-state index in [1.54, 1.807) is 7.11 Å². The molecule has 2 aromatic rings. The minimum atomic E-state index is 0.270. The number of nitrogens with one attached hydrogen (secondary N) is 1. The molecule has 0 bridgehead atoms. The molecule has 4 heteroatoms. The van der Waals surface area contributed by atoms with E-state index >= 15 is 0 Å². The van der Waals surface area contributed by atoms with Gasteiger partial charge in [0.05, 0.1) is 7.11 Å². The Hall–Kier alpha value is -2.33. The molecule has 1 N–H and O–H groups in total. The third-order valence-corrected chi connectivity index (χ3v) is 5.57. The van der Waals surface area contributed by atoms with E-state index in [2.05, 4.69) is 41.7 Å². The highest BCUT2D eigenvalue weighted by molar-refractivity contribution is 5.79. The molecule has 0 unspecified atom stereocenters. The summed E-state index contributed by atoms with van der Waals surface area (Å²) in [5.41, 5.74) is 4.14. The number of rotatable bonds is 6. The van der Waals surface area contributed by atoms with Crippen molar-refractivity contribution in [2.24, 2.45) is 0 Å². The molecule has 2 aliphatic rings. The second kappa shape index (κ2) is 7.50. The Kier molecular flexibility index (Phi) is 4.93. The highest BCUT2D eigenvalue weighted by atomic mass is 16.5. The molecule has 1 heterocycles. The first kappa shape index (κ1) is 17.1. The maximum Gasteiger partial charge on any atom is 0.224 e. The average Bonchev–Trinajstić information content (AvgIpc) is 3.22. The van der Waals surface area contributed by atoms with Gasteiger partial charge in [-0.05, 0) is 48.1 Å². The van der Waals surface area contributed by atoms with Crippen LogP contribution >= 0.6 is 0 Å². The topological polar surface area (TPSA) is 41.6 Å². The normalized spacial score (nSPS) is 19.8. The van der Waals surface area contributed by atoms with Gasteiger partial charge in [-0.2, -0.15) is 0 Å². The number of benzene rings is 2. The molecular weight excluding hydrogens is 324 g/mol. The molecule has 2 aromatic carbocycles. The number of amides is 1. The van der Waals surface area contributed by atoms with Crippen molar-refractivity contribution in [3.8, 4) is 5.75 Å². The zero-order valence-electron chi connectivity index (χ0n) is 15.3. The third-order valence-electron chi connectivity index (χ3n) is 5.57. The second-order valence-electron chi connectivity index (χ2n) is 7.38. The summed E-state index contributed by atoms with van der Waals surface area (Å²) >= 11 is 0. The third kappa shape index (κ3) is 3.75. The quantitative estimate of drug-likeness (QED) is 0.871. The van der Waals surface area contributed by atoms with E-state index in [1.807, 2.05) is 17.0 Å². The summed E-state index contributed by atoms with van der Waals surface area (Å²) in [6.45, 7) is 1.61. The molecule has 0 spiro atoms. The van der Waals surface area contributed by atoms with Gasteiger partial charge in [0.25, 0.3) is 0 Å². The van der Waals surface area contributed by atoms with Crippen molar-refractivity contribution in [1.82, 2.24) is 10.2 Å². The highest BCUT2D eigenvalue weighted by Crippen LogP contribution is 2.23. The Balaban J connectivity index is 1.27. The fourth-order valence-electron chi connectivity index (χ4n) is 4.17. The highest BCUT2D eigenvalue weighted by Gasteiger charge is 2.32. The maximum absolute atomic E-state index is 12.4. The van der Waals surface area contributed by atoms with Crippen LogP contribution in [0.1, 0.15) is 23.1 Å². The number of ether oxygens (including phenoxy) is 1. The fraction of sp³-hybridized carbons (Fsp3) is 0.409. The standard InChI is InChI=1S/C22H26N2O2/c1-26-21-8-6-16(7-9-21)10-11-24-15-20(14-22(24)25)23-19-12-17-4-2-3-5-18(17)13-19/h2-9,19-20,23H,10-15H2,1H3/t20-/m1/s1. The Morgan fingerprint density at radius 3 is 2.35 bits per heavy atom. The molecule has 1 amide bonds. The van der Waals surface area contributed by atoms with Gasteiger partial charge in [-0.25, -0.2) is 0 Å². The van der Waals surface area contributed by atoms with Crippen LogP contribution in [0, 0.1) is 0 Å². The Labute approximate surface area is 155 Å². The predicted octanol–water partition coefficient (Wildman–Crippen LogP) is 2.60. The average molecular weight is 350 g/mol. The molecule has 1 saturated heterocycles. The van der Waals surface area contributed by atoms with Gasteiger partial charge in [-0.1, -0.05) is 36.4 Å². The number of carbonyl (C=O) groups is 1. The summed E-state index contributed by atoms with van der Waals surface area (Å²) in [6, 6.07) is 17.5. The first-order chi connectivity index (χ1) is 12.7. The molecule has 1 aliphatic heterocycles. The zero-order chi connectivity index (χ0) is 17.9. The molecule has 4 nitrogen and oxygen atoms in total. The summed E-state index contributed by atoms with van der Waals surface area (Å²) in [6.07, 6.45) is 3.66. The van der Waals surface area contributed by atoms with E-state index in [0.717, 1.165) is 38.1 Å². The minimum absolute atomic E-state index is 0.270. The molecule has 136 valence electrons. The van der Waals surface area contributed by atoms with Crippen molar-refractivity contribution in [2.45, 2.75) is 37.8 Å². The van der Waals surface area contributed by atoms with Gasteiger partial charge in [0.1, 0.15) is 5.75 Å². The number of fused-ring (bicyclic) bond motifs is 1. The fourth-order valence-corrected chi connectivity index (χ4v) is 4.17. The molecule has 0 radical (unpaired) electrons. The van der Waals surface area contributed by atoms with Crippen molar-refractivity contribution in [2.75, 3.05) is 20.2 Å². The lowest BCUT2D eigenvalue weighted by atomic mass is 10.1. The van der Waals surface area contributed by atoms with Gasteiger partial charge in [0, 0.05) is 31.6 Å². The van der Waals surface area contributed by atoms with Crippen molar-refractivity contribution < 1.29 is 9.53 Å². The van der Waals surface area contributed by atoms with E-state index in [4.69, 9.17) is 4.74 Å². The molecule has 1 aliphatic carbocycles. The monoisotopic (exact) mass is 350 g/mol. The van der Waals surface area contributed by atoms with Gasteiger partial charge in [0.2, 0.25) is 5.91 Å². The lowest BCUT2D eigenvalue weighted by Gasteiger charge is -2.20. The van der Waals surface area contributed by atoms with Gasteiger partial charge < -0.3 is 15.0 Å². The van der Waals surface area contributed by atoms with E-state index in [0.29, 0.717) is 12.5 Å². The molecule has 26 heavy (non-hydrogen) atoms. The van der Waals surface area contributed by atoms with Crippen LogP contribution in [0.5, 0.6) is 5.75 Å². The van der Waals surface area contributed by atoms with E-state index in [1.165, 1.54) is 16.7 Å². The van der Waals surface area contributed by atoms with Crippen LogP contribution in [0.15, 0.2) is 48.5 Å². The summed E-state index contributed by atoms with van der Waals surface area (Å²) in [4.78, 5) is 14.4. The van der Waals surface area contributed by atoms with Crippen LogP contribution in [-0.4, -0.2) is 43.1 Å². The molecule has 0 saturated carbocycles. The Morgan fingerprint density at radius 1 is 1.00 bits per heavy atom. The number of methoxy groups -OCH3 is 1.